The summed E-state index contributed by atoms with van der Waals surface area (Å²) in [5.74, 6) is 0. The van der Waals surface area contributed by atoms with E-state index in [0.717, 1.165) is 24.8 Å². The molecule has 1 aromatic heterocycles. The van der Waals surface area contributed by atoms with Crippen molar-refractivity contribution in [3.05, 3.63) is 47.3 Å². The maximum atomic E-state index is 10.7. The number of rotatable bonds is 2. The Labute approximate surface area is 93.7 Å². The van der Waals surface area contributed by atoms with E-state index in [1.165, 1.54) is 17.7 Å². The molecule has 16 heavy (non-hydrogen) atoms. The van der Waals surface area contributed by atoms with E-state index in [1.807, 2.05) is 29.1 Å². The molecule has 3 rings (SSSR count). The van der Waals surface area contributed by atoms with Gasteiger partial charge in [-0.1, -0.05) is 12.1 Å². The summed E-state index contributed by atoms with van der Waals surface area (Å²) in [6.45, 7) is 0. The van der Waals surface area contributed by atoms with Gasteiger partial charge in [0.05, 0.1) is 11.9 Å². The van der Waals surface area contributed by atoms with Crippen LogP contribution in [0.1, 0.15) is 28.0 Å². The van der Waals surface area contributed by atoms with Crippen molar-refractivity contribution in [2.45, 2.75) is 19.3 Å². The molecule has 80 valence electrons. The van der Waals surface area contributed by atoms with Crippen molar-refractivity contribution < 1.29 is 4.79 Å². The lowest BCUT2D eigenvalue weighted by atomic mass is 10.2. The van der Waals surface area contributed by atoms with Gasteiger partial charge in [-0.15, -0.1) is 0 Å². The highest BCUT2D eigenvalue weighted by atomic mass is 16.1. The first-order valence-electron chi connectivity index (χ1n) is 5.50. The van der Waals surface area contributed by atoms with Gasteiger partial charge in [0.25, 0.3) is 0 Å². The lowest BCUT2D eigenvalue weighted by molar-refractivity contribution is 0.112. The minimum atomic E-state index is 0.694. The molecule has 3 heteroatoms. The molecule has 1 aliphatic rings. The van der Waals surface area contributed by atoms with Crippen LogP contribution in [0, 0.1) is 0 Å². The molecule has 0 atom stereocenters. The Morgan fingerprint density at radius 2 is 2.25 bits per heavy atom. The Hall–Kier alpha value is -1.90. The van der Waals surface area contributed by atoms with E-state index in [-0.39, 0.29) is 0 Å². The molecule has 2 aromatic rings. The third-order valence-corrected chi connectivity index (χ3v) is 3.07. The summed E-state index contributed by atoms with van der Waals surface area (Å²) in [5.41, 5.74) is 4.31. The van der Waals surface area contributed by atoms with Gasteiger partial charge in [0, 0.05) is 11.3 Å². The molecule has 0 saturated carbocycles. The van der Waals surface area contributed by atoms with Crippen molar-refractivity contribution in [1.29, 1.82) is 0 Å². The number of aromatic nitrogens is 2. The quantitative estimate of drug-likeness (QED) is 0.715. The van der Waals surface area contributed by atoms with Crippen LogP contribution in [-0.4, -0.2) is 16.1 Å². The summed E-state index contributed by atoms with van der Waals surface area (Å²) in [5, 5.41) is 4.38. The van der Waals surface area contributed by atoms with Crippen LogP contribution in [0.4, 0.5) is 0 Å². The maximum Gasteiger partial charge on any atom is 0.150 e. The van der Waals surface area contributed by atoms with Gasteiger partial charge < -0.3 is 0 Å². The lowest BCUT2D eigenvalue weighted by Gasteiger charge is -2.05. The Balaban J connectivity index is 2.11. The second kappa shape index (κ2) is 3.59. The van der Waals surface area contributed by atoms with Gasteiger partial charge in [0.1, 0.15) is 6.29 Å². The van der Waals surface area contributed by atoms with Crippen LogP contribution in [0.3, 0.4) is 0 Å². The van der Waals surface area contributed by atoms with Gasteiger partial charge in [0.2, 0.25) is 0 Å². The minimum Gasteiger partial charge on any atom is -0.298 e. The largest absolute Gasteiger partial charge is 0.298 e. The summed E-state index contributed by atoms with van der Waals surface area (Å²) in [4.78, 5) is 10.7. The van der Waals surface area contributed by atoms with Crippen LogP contribution in [0.25, 0.3) is 5.69 Å². The molecule has 1 heterocycles. The predicted molar refractivity (Wildman–Crippen MR) is 61.0 cm³/mol. The van der Waals surface area contributed by atoms with Gasteiger partial charge >= 0.3 is 0 Å². The van der Waals surface area contributed by atoms with Crippen molar-refractivity contribution in [3.8, 4) is 5.69 Å². The maximum absolute atomic E-state index is 10.7. The van der Waals surface area contributed by atoms with Gasteiger partial charge in [-0.3, -0.25) is 4.79 Å². The lowest BCUT2D eigenvalue weighted by Crippen LogP contribution is -2.01. The van der Waals surface area contributed by atoms with Crippen molar-refractivity contribution in [2.75, 3.05) is 0 Å². The Morgan fingerprint density at radius 3 is 3.12 bits per heavy atom. The number of hydrogen-bond acceptors (Lipinski definition) is 2. The number of aryl methyl sites for hydroxylation is 1. The van der Waals surface area contributed by atoms with E-state index in [4.69, 9.17) is 0 Å². The molecule has 0 fully saturated rings. The molecule has 3 nitrogen and oxygen atoms in total. The first-order chi connectivity index (χ1) is 7.88. The molecule has 0 saturated heterocycles. The zero-order valence-electron chi connectivity index (χ0n) is 8.89. The topological polar surface area (TPSA) is 34.9 Å². The van der Waals surface area contributed by atoms with Crippen molar-refractivity contribution >= 4 is 6.29 Å². The third-order valence-electron chi connectivity index (χ3n) is 3.07. The number of benzene rings is 1. The summed E-state index contributed by atoms with van der Waals surface area (Å²) < 4.78 is 1.95. The van der Waals surface area contributed by atoms with Gasteiger partial charge in [-0.05, 0) is 37.0 Å². The molecule has 0 radical (unpaired) electrons. The van der Waals surface area contributed by atoms with E-state index in [2.05, 4.69) is 5.10 Å². The second-order valence-corrected chi connectivity index (χ2v) is 4.09. The van der Waals surface area contributed by atoms with E-state index < -0.39 is 0 Å². The average molecular weight is 212 g/mol. The fourth-order valence-electron chi connectivity index (χ4n) is 2.28. The van der Waals surface area contributed by atoms with E-state index in [0.29, 0.717) is 5.56 Å². The molecule has 0 amide bonds. The highest BCUT2D eigenvalue weighted by Gasteiger charge is 2.17. The molecule has 1 aliphatic carbocycles. The zero-order chi connectivity index (χ0) is 11.0. The predicted octanol–water partition coefficient (Wildman–Crippen LogP) is 2.17. The summed E-state index contributed by atoms with van der Waals surface area (Å²) in [6.07, 6.45) is 6.23. The van der Waals surface area contributed by atoms with Gasteiger partial charge in [-0.25, -0.2) is 4.68 Å². The number of hydrogen-bond donors (Lipinski definition) is 0. The number of aldehydes is 1. The number of carbonyl (C=O) groups excluding carboxylic acids is 1. The van der Waals surface area contributed by atoms with Crippen LogP contribution in [0.5, 0.6) is 0 Å². The highest BCUT2D eigenvalue weighted by molar-refractivity contribution is 5.75. The van der Waals surface area contributed by atoms with E-state index in [1.54, 1.807) is 6.07 Å². The van der Waals surface area contributed by atoms with Crippen molar-refractivity contribution in [1.82, 2.24) is 9.78 Å². The van der Waals surface area contributed by atoms with Crippen LogP contribution in [-0.2, 0) is 12.8 Å². The second-order valence-electron chi connectivity index (χ2n) is 4.09. The zero-order valence-corrected chi connectivity index (χ0v) is 8.89. The third kappa shape index (κ3) is 1.36. The molecule has 0 spiro atoms. The average Bonchev–Trinajstić information content (AvgIpc) is 2.90. The highest BCUT2D eigenvalue weighted by Crippen LogP contribution is 2.24. The fourth-order valence-corrected chi connectivity index (χ4v) is 2.28. The molecule has 1 aromatic carbocycles. The van der Waals surface area contributed by atoms with E-state index >= 15 is 0 Å². The molecule has 0 N–H and O–H groups in total. The normalized spacial score (nSPS) is 13.8. The van der Waals surface area contributed by atoms with Gasteiger partial charge in [-0.2, -0.15) is 5.10 Å². The Bertz CT molecular complexity index is 543. The van der Waals surface area contributed by atoms with Crippen LogP contribution < -0.4 is 0 Å². The van der Waals surface area contributed by atoms with Crippen LogP contribution in [0.15, 0.2) is 30.5 Å². The SMILES string of the molecule is O=Cc1cccc(-n2ncc3c2CCC3)c1. The Kier molecular flexibility index (Phi) is 2.10. The molecule has 0 aliphatic heterocycles. The van der Waals surface area contributed by atoms with Gasteiger partial charge in [0.15, 0.2) is 0 Å². The Morgan fingerprint density at radius 1 is 1.31 bits per heavy atom. The molecule has 0 bridgehead atoms. The number of fused-ring (bicyclic) bond motifs is 1. The van der Waals surface area contributed by atoms with Crippen molar-refractivity contribution in [3.63, 3.8) is 0 Å². The van der Waals surface area contributed by atoms with Crippen LogP contribution >= 0.6 is 0 Å². The minimum absolute atomic E-state index is 0.694. The molecule has 0 unspecified atom stereocenters. The first kappa shape index (κ1) is 9.33. The van der Waals surface area contributed by atoms with E-state index in [9.17, 15) is 4.79 Å². The number of nitrogens with zero attached hydrogens (tertiary/aromatic N) is 2. The van der Waals surface area contributed by atoms with Crippen molar-refractivity contribution in [2.24, 2.45) is 0 Å². The molecular weight excluding hydrogens is 200 g/mol. The summed E-state index contributed by atoms with van der Waals surface area (Å²) >= 11 is 0. The first-order valence-corrected chi connectivity index (χ1v) is 5.50. The standard InChI is InChI=1S/C13H12N2O/c16-9-10-3-1-5-12(7-10)15-13-6-2-4-11(13)8-14-15/h1,3,5,7-9H,2,4,6H2. The monoisotopic (exact) mass is 212 g/mol. The summed E-state index contributed by atoms with van der Waals surface area (Å²) in [7, 11) is 0. The smallest absolute Gasteiger partial charge is 0.150 e. The molecular formula is C13H12N2O. The summed E-state index contributed by atoms with van der Waals surface area (Å²) in [6, 6.07) is 7.56. The van der Waals surface area contributed by atoms with Crippen LogP contribution in [0.2, 0.25) is 0 Å². The number of carbonyl (C=O) groups is 1. The fraction of sp³-hybridized carbons (Fsp3) is 0.231.